The highest BCUT2D eigenvalue weighted by atomic mass is 32.2. The molecule has 1 unspecified atom stereocenters. The summed E-state index contributed by atoms with van der Waals surface area (Å²) in [6.07, 6.45) is 4.64. The highest BCUT2D eigenvalue weighted by molar-refractivity contribution is 7.93. The number of furan rings is 1. The van der Waals surface area contributed by atoms with Crippen LogP contribution in [0.1, 0.15) is 35.4 Å². The second-order valence-electron chi connectivity index (χ2n) is 8.33. The number of hydrogen-bond donors (Lipinski definition) is 3. The summed E-state index contributed by atoms with van der Waals surface area (Å²) in [7, 11) is -2.91. The van der Waals surface area contributed by atoms with Crippen LogP contribution in [-0.4, -0.2) is 46.7 Å². The first-order valence-electron chi connectivity index (χ1n) is 10.8. The Labute approximate surface area is 193 Å². The predicted octanol–water partition coefficient (Wildman–Crippen LogP) is 3.25. The van der Waals surface area contributed by atoms with Crippen LogP contribution in [0, 0.1) is 0 Å². The number of rotatable bonds is 8. The molecule has 1 heterocycles. The highest BCUT2D eigenvalue weighted by Crippen LogP contribution is 2.41. The molecule has 1 aliphatic rings. The lowest BCUT2D eigenvalue weighted by atomic mass is 9.76. The second-order valence-corrected chi connectivity index (χ2v) is 10.7. The van der Waals surface area contributed by atoms with Crippen LogP contribution in [0.25, 0.3) is 11.0 Å². The summed E-state index contributed by atoms with van der Waals surface area (Å²) in [4.78, 5) is 13.0. The smallest absolute Gasteiger partial charge is 0.464 e. The molecular weight excluding hydrogens is 443 g/mol. The Kier molecular flexibility index (Phi) is 6.78. The molecule has 2 aromatic carbocycles. The van der Waals surface area contributed by atoms with Crippen molar-refractivity contribution in [2.24, 2.45) is 4.36 Å². The molecule has 1 aromatic heterocycles. The van der Waals surface area contributed by atoms with Gasteiger partial charge in [0, 0.05) is 24.3 Å². The molecule has 1 amide bonds. The number of hydrogen-bond acceptors (Lipinski definition) is 7. The summed E-state index contributed by atoms with van der Waals surface area (Å²) in [5.41, 5.74) is 3.17. The molecule has 3 aromatic rings. The molecule has 0 bridgehead atoms. The van der Waals surface area contributed by atoms with Gasteiger partial charge < -0.3 is 24.5 Å². The minimum absolute atomic E-state index is 0.106. The molecule has 3 N–H and O–H groups in total. The number of nitrogens with zero attached hydrogens (tertiary/aromatic N) is 1. The van der Waals surface area contributed by atoms with E-state index in [0.29, 0.717) is 22.0 Å². The molecule has 0 saturated heterocycles. The largest absolute Gasteiger partial charge is 0.475 e. The molecule has 4 rings (SSSR count). The van der Waals surface area contributed by atoms with Crippen molar-refractivity contribution in [1.82, 2.24) is 5.32 Å². The monoisotopic (exact) mass is 470 g/mol. The summed E-state index contributed by atoms with van der Waals surface area (Å²) < 4.78 is 27.8. The number of alkyl carbamates (subject to hydrolysis) is 1. The fourth-order valence-corrected chi connectivity index (χ4v) is 4.97. The van der Waals surface area contributed by atoms with Crippen molar-refractivity contribution < 1.29 is 28.2 Å². The van der Waals surface area contributed by atoms with Gasteiger partial charge in [-0.15, -0.1) is 0 Å². The van der Waals surface area contributed by atoms with E-state index in [1.54, 1.807) is 12.3 Å². The fraction of sp³-hybridized carbons (Fsp3) is 0.348. The number of benzene rings is 2. The van der Waals surface area contributed by atoms with Gasteiger partial charge in [-0.1, -0.05) is 30.3 Å². The third-order valence-corrected chi connectivity index (χ3v) is 7.82. The van der Waals surface area contributed by atoms with Gasteiger partial charge in [0.1, 0.15) is 12.2 Å². The van der Waals surface area contributed by atoms with Gasteiger partial charge in [-0.05, 0) is 48.4 Å². The van der Waals surface area contributed by atoms with Crippen LogP contribution in [0.2, 0.25) is 0 Å². The van der Waals surface area contributed by atoms with Gasteiger partial charge in [0.05, 0.1) is 26.8 Å². The Morgan fingerprint density at radius 2 is 2.03 bits per heavy atom. The Bertz CT molecular complexity index is 1280. The molecule has 33 heavy (non-hydrogen) atoms. The highest BCUT2D eigenvalue weighted by Gasteiger charge is 2.28. The lowest BCUT2D eigenvalue weighted by molar-refractivity contribution is 0.136. The van der Waals surface area contributed by atoms with Crippen LogP contribution in [-0.2, 0) is 27.5 Å². The molecule has 174 valence electrons. The second kappa shape index (κ2) is 9.58. The Balaban J connectivity index is 1.46. The summed E-state index contributed by atoms with van der Waals surface area (Å²) in [5, 5.41) is 23.0. The van der Waals surface area contributed by atoms with Crippen LogP contribution in [0.4, 0.5) is 4.79 Å². The summed E-state index contributed by atoms with van der Waals surface area (Å²) >= 11 is 0. The van der Waals surface area contributed by atoms with E-state index < -0.39 is 28.9 Å². The molecule has 0 spiro atoms. The van der Waals surface area contributed by atoms with E-state index >= 15 is 0 Å². The number of ether oxygens (including phenoxy) is 1. The number of amides is 1. The summed E-state index contributed by atoms with van der Waals surface area (Å²) in [5.74, 6) is -0.520. The summed E-state index contributed by atoms with van der Waals surface area (Å²) in [6.45, 7) is -0.106. The number of carbonyl (C=O) groups is 1. The maximum atomic E-state index is 12.9. The van der Waals surface area contributed by atoms with E-state index in [1.807, 2.05) is 36.4 Å². The molecule has 1 aliphatic carbocycles. The average Bonchev–Trinajstić information content (AvgIpc) is 3.58. The average molecular weight is 470 g/mol. The zero-order valence-electron chi connectivity index (χ0n) is 18.6. The SMILES string of the molecule is CN=S(C)(=O)c1ccc(C2CC2)cc1COC(=O)N[C@@H](Cc1coc2ccccc12)B(O)O. The molecule has 0 radical (unpaired) electrons. The predicted molar refractivity (Wildman–Crippen MR) is 126 cm³/mol. The molecule has 10 heteroatoms. The normalized spacial score (nSPS) is 16.1. The van der Waals surface area contributed by atoms with Gasteiger partial charge in [-0.3, -0.25) is 0 Å². The van der Waals surface area contributed by atoms with Crippen molar-refractivity contribution in [3.63, 3.8) is 0 Å². The number of nitrogens with one attached hydrogen (secondary N) is 1. The van der Waals surface area contributed by atoms with Crippen LogP contribution < -0.4 is 5.32 Å². The maximum absolute atomic E-state index is 12.9. The first-order valence-corrected chi connectivity index (χ1v) is 12.7. The minimum atomic E-state index is -2.62. The molecule has 8 nitrogen and oxygen atoms in total. The number of carbonyl (C=O) groups excluding carboxylic acids is 1. The van der Waals surface area contributed by atoms with Crippen LogP contribution >= 0.6 is 0 Å². The van der Waals surface area contributed by atoms with Gasteiger partial charge in [0.25, 0.3) is 0 Å². The topological polar surface area (TPSA) is 121 Å². The van der Waals surface area contributed by atoms with Gasteiger partial charge in [-0.25, -0.2) is 13.4 Å². The van der Waals surface area contributed by atoms with Crippen LogP contribution in [0.5, 0.6) is 0 Å². The number of fused-ring (bicyclic) bond motifs is 1. The van der Waals surface area contributed by atoms with E-state index in [1.165, 1.54) is 13.3 Å². The first kappa shape index (κ1) is 23.3. The Morgan fingerprint density at radius 1 is 1.27 bits per heavy atom. The van der Waals surface area contributed by atoms with Gasteiger partial charge in [0.2, 0.25) is 0 Å². The van der Waals surface area contributed by atoms with E-state index in [2.05, 4.69) is 9.68 Å². The fourth-order valence-electron chi connectivity index (χ4n) is 3.85. The van der Waals surface area contributed by atoms with Crippen molar-refractivity contribution >= 4 is 33.9 Å². The zero-order chi connectivity index (χ0) is 23.6. The molecule has 0 aliphatic heterocycles. The number of para-hydroxylation sites is 1. The quantitative estimate of drug-likeness (QED) is 0.435. The van der Waals surface area contributed by atoms with Crippen molar-refractivity contribution in [3.05, 3.63) is 65.4 Å². The van der Waals surface area contributed by atoms with Crippen molar-refractivity contribution in [3.8, 4) is 0 Å². The molecule has 1 fully saturated rings. The van der Waals surface area contributed by atoms with Crippen molar-refractivity contribution in [1.29, 1.82) is 0 Å². The van der Waals surface area contributed by atoms with E-state index in [9.17, 15) is 19.1 Å². The zero-order valence-corrected chi connectivity index (χ0v) is 19.4. The van der Waals surface area contributed by atoms with E-state index in [4.69, 9.17) is 9.15 Å². The Hall–Kier alpha value is -2.82. The van der Waals surface area contributed by atoms with Gasteiger partial charge in [-0.2, -0.15) is 0 Å². The molecular formula is C23H27BN2O6S. The van der Waals surface area contributed by atoms with Gasteiger partial charge >= 0.3 is 13.2 Å². The minimum Gasteiger partial charge on any atom is -0.464 e. The third kappa shape index (κ3) is 5.40. The maximum Gasteiger partial charge on any atom is 0.475 e. The van der Waals surface area contributed by atoms with Gasteiger partial charge in [0.15, 0.2) is 0 Å². The van der Waals surface area contributed by atoms with Crippen molar-refractivity contribution in [2.75, 3.05) is 13.3 Å². The standard InChI is InChI=1S/C23H27BN2O6S/c1-25-33(2,30)21-10-9-16(15-7-8-15)11-18(21)14-32-23(27)26-22(24(28)29)12-17-13-31-20-6-4-3-5-19(17)20/h3-6,9-11,13,15,22,28-29H,7-8,12,14H2,1-2H3,(H,26,27)/t22-,33?/m0/s1. The Morgan fingerprint density at radius 3 is 2.73 bits per heavy atom. The first-order chi connectivity index (χ1) is 15.8. The van der Waals surface area contributed by atoms with E-state index in [-0.39, 0.29) is 13.0 Å². The third-order valence-electron chi connectivity index (χ3n) is 5.91. The van der Waals surface area contributed by atoms with Crippen LogP contribution in [0.15, 0.2) is 62.4 Å². The molecule has 1 saturated carbocycles. The summed E-state index contributed by atoms with van der Waals surface area (Å²) in [6, 6.07) is 13.0. The molecule has 2 atom stereocenters. The van der Waals surface area contributed by atoms with E-state index in [0.717, 1.165) is 29.4 Å². The lowest BCUT2D eigenvalue weighted by Gasteiger charge is -2.18. The van der Waals surface area contributed by atoms with Crippen LogP contribution in [0.3, 0.4) is 0 Å². The van der Waals surface area contributed by atoms with Crippen molar-refractivity contribution in [2.45, 2.75) is 42.6 Å². The lowest BCUT2D eigenvalue weighted by Crippen LogP contribution is -2.48.